The predicted molar refractivity (Wildman–Crippen MR) is 91.0 cm³/mol. The molecule has 1 aliphatic rings. The molecule has 0 saturated heterocycles. The number of amides is 1. The number of pyridine rings is 1. The van der Waals surface area contributed by atoms with Crippen molar-refractivity contribution in [2.45, 2.75) is 31.8 Å². The monoisotopic (exact) mass is 326 g/mol. The second-order valence-electron chi connectivity index (χ2n) is 5.93. The topological polar surface area (TPSA) is 51.7 Å². The summed E-state index contributed by atoms with van der Waals surface area (Å²) in [5.41, 5.74) is 1.04. The van der Waals surface area contributed by atoms with Gasteiger partial charge in [0.2, 0.25) is 0 Å². The van der Waals surface area contributed by atoms with E-state index >= 15 is 0 Å². The smallest absolute Gasteiger partial charge is 0.261 e. The molecule has 1 aromatic heterocycles. The maximum atomic E-state index is 12.8. The van der Waals surface area contributed by atoms with E-state index in [1.165, 1.54) is 0 Å². The highest BCUT2D eigenvalue weighted by atomic mass is 16.5. The van der Waals surface area contributed by atoms with E-state index in [9.17, 15) is 4.79 Å². The Labute approximate surface area is 142 Å². The van der Waals surface area contributed by atoms with Crippen LogP contribution in [0.25, 0.3) is 0 Å². The van der Waals surface area contributed by atoms with E-state index in [2.05, 4.69) is 4.98 Å². The first kappa shape index (κ1) is 16.3. The van der Waals surface area contributed by atoms with Crippen LogP contribution in [0.2, 0.25) is 0 Å². The van der Waals surface area contributed by atoms with E-state index in [4.69, 9.17) is 9.47 Å². The van der Waals surface area contributed by atoms with Crippen molar-refractivity contribution in [3.8, 4) is 11.5 Å². The average Bonchev–Trinajstić information content (AvgIpc) is 3.46. The van der Waals surface area contributed by atoms with E-state index in [1.807, 2.05) is 48.4 Å². The Bertz CT molecular complexity index is 686. The van der Waals surface area contributed by atoms with Gasteiger partial charge < -0.3 is 14.4 Å². The summed E-state index contributed by atoms with van der Waals surface area (Å²) in [6.45, 7) is 2.04. The number of benzene rings is 1. The zero-order valence-electron chi connectivity index (χ0n) is 14.0. The molecular weight excluding hydrogens is 304 g/mol. The van der Waals surface area contributed by atoms with Crippen LogP contribution in [0.1, 0.15) is 31.4 Å². The van der Waals surface area contributed by atoms with Gasteiger partial charge in [0.25, 0.3) is 5.91 Å². The average molecular weight is 326 g/mol. The number of para-hydroxylation sites is 2. The van der Waals surface area contributed by atoms with Crippen LogP contribution >= 0.6 is 0 Å². The summed E-state index contributed by atoms with van der Waals surface area (Å²) in [5, 5.41) is 0. The number of carbonyl (C=O) groups excluding carboxylic acids is 1. The molecule has 1 saturated carbocycles. The molecule has 0 unspecified atom stereocenters. The van der Waals surface area contributed by atoms with E-state index in [-0.39, 0.29) is 18.6 Å². The molecule has 0 aliphatic heterocycles. The standard InChI is InChI=1S/C19H22N2O3/c1-14(15-6-5-11-20-12-15)21(16-9-10-16)19(22)13-24-18-8-4-3-7-17(18)23-2/h3-8,11-12,14,16H,9-10,13H2,1-2H3/t14-/m0/s1. The molecule has 5 heteroatoms. The lowest BCUT2D eigenvalue weighted by Crippen LogP contribution is -2.38. The molecule has 0 spiro atoms. The van der Waals surface area contributed by atoms with Crippen molar-refractivity contribution in [1.29, 1.82) is 0 Å². The van der Waals surface area contributed by atoms with Crippen LogP contribution in [0.5, 0.6) is 11.5 Å². The minimum Gasteiger partial charge on any atom is -0.493 e. The van der Waals surface area contributed by atoms with Gasteiger partial charge in [0.15, 0.2) is 18.1 Å². The number of hydrogen-bond acceptors (Lipinski definition) is 4. The van der Waals surface area contributed by atoms with E-state index in [1.54, 1.807) is 19.4 Å². The summed E-state index contributed by atoms with van der Waals surface area (Å²) in [4.78, 5) is 18.8. The summed E-state index contributed by atoms with van der Waals surface area (Å²) < 4.78 is 11.0. The molecule has 1 atom stereocenters. The van der Waals surface area contributed by atoms with Gasteiger partial charge in [0, 0.05) is 18.4 Å². The van der Waals surface area contributed by atoms with Gasteiger partial charge in [-0.25, -0.2) is 0 Å². The van der Waals surface area contributed by atoms with E-state index in [0.29, 0.717) is 17.5 Å². The lowest BCUT2D eigenvalue weighted by atomic mass is 10.1. The first-order valence-electron chi connectivity index (χ1n) is 8.17. The molecule has 3 rings (SSSR count). The Balaban J connectivity index is 1.69. The van der Waals surface area contributed by atoms with Gasteiger partial charge in [-0.15, -0.1) is 0 Å². The van der Waals surface area contributed by atoms with Gasteiger partial charge in [0.05, 0.1) is 13.2 Å². The molecule has 24 heavy (non-hydrogen) atoms. The number of rotatable bonds is 7. The Morgan fingerprint density at radius 2 is 2.00 bits per heavy atom. The van der Waals surface area contributed by atoms with Crippen molar-refractivity contribution in [3.05, 3.63) is 54.4 Å². The lowest BCUT2D eigenvalue weighted by Gasteiger charge is -2.29. The third kappa shape index (κ3) is 3.67. The van der Waals surface area contributed by atoms with Crippen LogP contribution in [0.15, 0.2) is 48.8 Å². The molecule has 1 aliphatic carbocycles. The molecule has 5 nitrogen and oxygen atoms in total. The molecule has 1 heterocycles. The summed E-state index contributed by atoms with van der Waals surface area (Å²) in [6.07, 6.45) is 5.65. The van der Waals surface area contributed by atoms with Crippen LogP contribution in [0.4, 0.5) is 0 Å². The molecule has 2 aromatic rings. The van der Waals surface area contributed by atoms with Crippen molar-refractivity contribution in [2.75, 3.05) is 13.7 Å². The second kappa shape index (κ2) is 7.34. The highest BCUT2D eigenvalue weighted by Crippen LogP contribution is 2.34. The minimum absolute atomic E-state index is 0.00146. The third-order valence-corrected chi connectivity index (χ3v) is 4.23. The molecule has 1 aromatic carbocycles. The quantitative estimate of drug-likeness (QED) is 0.784. The van der Waals surface area contributed by atoms with Gasteiger partial charge in [-0.3, -0.25) is 9.78 Å². The van der Waals surface area contributed by atoms with Crippen molar-refractivity contribution in [1.82, 2.24) is 9.88 Å². The van der Waals surface area contributed by atoms with Crippen LogP contribution in [0.3, 0.4) is 0 Å². The Morgan fingerprint density at radius 3 is 2.62 bits per heavy atom. The molecule has 0 radical (unpaired) electrons. The molecule has 1 amide bonds. The van der Waals surface area contributed by atoms with Crippen molar-refractivity contribution >= 4 is 5.91 Å². The van der Waals surface area contributed by atoms with E-state index < -0.39 is 0 Å². The number of methoxy groups -OCH3 is 1. The minimum atomic E-state index is -0.0141. The molecule has 126 valence electrons. The number of hydrogen-bond donors (Lipinski definition) is 0. The highest BCUT2D eigenvalue weighted by molar-refractivity contribution is 5.79. The maximum absolute atomic E-state index is 12.8. The fourth-order valence-electron chi connectivity index (χ4n) is 2.82. The highest BCUT2D eigenvalue weighted by Gasteiger charge is 2.36. The fourth-order valence-corrected chi connectivity index (χ4v) is 2.82. The predicted octanol–water partition coefficient (Wildman–Crippen LogP) is 3.22. The third-order valence-electron chi connectivity index (χ3n) is 4.23. The zero-order chi connectivity index (χ0) is 16.9. The van der Waals surface area contributed by atoms with Crippen LogP contribution in [-0.4, -0.2) is 35.5 Å². The molecule has 0 bridgehead atoms. The molecular formula is C19H22N2O3. The number of aromatic nitrogens is 1. The van der Waals surface area contributed by atoms with Crippen molar-refractivity contribution in [2.24, 2.45) is 0 Å². The van der Waals surface area contributed by atoms with Gasteiger partial charge >= 0.3 is 0 Å². The first-order valence-corrected chi connectivity index (χ1v) is 8.17. The molecule has 0 N–H and O–H groups in total. The fraction of sp³-hybridized carbons (Fsp3) is 0.368. The summed E-state index contributed by atoms with van der Waals surface area (Å²) in [7, 11) is 1.59. The van der Waals surface area contributed by atoms with Gasteiger partial charge in [-0.1, -0.05) is 18.2 Å². The van der Waals surface area contributed by atoms with Crippen molar-refractivity contribution < 1.29 is 14.3 Å². The van der Waals surface area contributed by atoms with Gasteiger partial charge in [-0.2, -0.15) is 0 Å². The van der Waals surface area contributed by atoms with Crippen LogP contribution in [-0.2, 0) is 4.79 Å². The lowest BCUT2D eigenvalue weighted by molar-refractivity contribution is -0.136. The zero-order valence-corrected chi connectivity index (χ0v) is 14.0. The Morgan fingerprint density at radius 1 is 1.25 bits per heavy atom. The normalized spacial score (nSPS) is 14.8. The number of nitrogens with zero attached hydrogens (tertiary/aromatic N) is 2. The largest absolute Gasteiger partial charge is 0.493 e. The number of carbonyl (C=O) groups is 1. The number of ether oxygens (including phenoxy) is 2. The van der Waals surface area contributed by atoms with Crippen molar-refractivity contribution in [3.63, 3.8) is 0 Å². The maximum Gasteiger partial charge on any atom is 0.261 e. The molecule has 1 fully saturated rings. The second-order valence-corrected chi connectivity index (χ2v) is 5.93. The van der Waals surface area contributed by atoms with Gasteiger partial charge in [-0.05, 0) is 43.5 Å². The first-order chi connectivity index (χ1) is 11.7. The van der Waals surface area contributed by atoms with Crippen LogP contribution < -0.4 is 9.47 Å². The SMILES string of the molecule is COc1ccccc1OCC(=O)N(C1CC1)[C@@H](C)c1cccnc1. The summed E-state index contributed by atoms with van der Waals surface area (Å²) >= 11 is 0. The summed E-state index contributed by atoms with van der Waals surface area (Å²) in [6, 6.07) is 11.5. The Kier molecular flexibility index (Phi) is 4.99. The summed E-state index contributed by atoms with van der Waals surface area (Å²) in [5.74, 6) is 1.20. The van der Waals surface area contributed by atoms with Crippen LogP contribution in [0, 0.1) is 0 Å². The van der Waals surface area contributed by atoms with Gasteiger partial charge in [0.1, 0.15) is 0 Å². The Hall–Kier alpha value is -2.56. The van der Waals surface area contributed by atoms with E-state index in [0.717, 1.165) is 18.4 Å².